The first kappa shape index (κ1) is 10.2. The second-order valence-corrected chi connectivity index (χ2v) is 5.91. The molecule has 2 heterocycles. The molecule has 3 aliphatic rings. The van der Waals surface area contributed by atoms with Crippen LogP contribution in [-0.4, -0.2) is 25.7 Å². The molecular weight excluding hydrogens is 232 g/mol. The van der Waals surface area contributed by atoms with E-state index in [1.165, 1.54) is 30.6 Å². The van der Waals surface area contributed by atoms with Gasteiger partial charge in [0.2, 0.25) is 0 Å². The number of rotatable bonds is 1. The van der Waals surface area contributed by atoms with Gasteiger partial charge in [0.05, 0.1) is 10.7 Å². The van der Waals surface area contributed by atoms with Gasteiger partial charge in [0.15, 0.2) is 0 Å². The van der Waals surface area contributed by atoms with E-state index in [4.69, 9.17) is 11.6 Å². The summed E-state index contributed by atoms with van der Waals surface area (Å²) in [6, 6.07) is 5.10. The van der Waals surface area contributed by atoms with Crippen LogP contribution in [0.2, 0.25) is 5.02 Å². The van der Waals surface area contributed by atoms with Crippen molar-refractivity contribution in [1.29, 1.82) is 0 Å². The van der Waals surface area contributed by atoms with Crippen LogP contribution >= 0.6 is 11.6 Å². The first-order valence-corrected chi connectivity index (χ1v) is 7.01. The van der Waals surface area contributed by atoms with E-state index < -0.39 is 0 Å². The Hall–Kier alpha value is -0.730. The Morgan fingerprint density at radius 2 is 2.18 bits per heavy atom. The second kappa shape index (κ2) is 3.63. The van der Waals surface area contributed by atoms with Gasteiger partial charge in [0, 0.05) is 25.0 Å². The van der Waals surface area contributed by atoms with E-state index in [1.54, 1.807) is 5.56 Å². The molecule has 0 spiro atoms. The Balaban J connectivity index is 1.89. The second-order valence-electron chi connectivity index (χ2n) is 5.50. The maximum absolute atomic E-state index is 6.45. The Morgan fingerprint density at radius 3 is 3.00 bits per heavy atom. The van der Waals surface area contributed by atoms with E-state index in [0.717, 1.165) is 30.6 Å². The first-order valence-electron chi connectivity index (χ1n) is 6.63. The molecule has 2 aliphatic heterocycles. The van der Waals surface area contributed by atoms with Crippen molar-refractivity contribution < 1.29 is 0 Å². The fourth-order valence-corrected chi connectivity index (χ4v) is 3.67. The van der Waals surface area contributed by atoms with Gasteiger partial charge in [-0.3, -0.25) is 0 Å². The number of halogens is 1. The highest BCUT2D eigenvalue weighted by Crippen LogP contribution is 2.48. The highest BCUT2D eigenvalue weighted by atomic mass is 35.5. The Bertz CT molecular complexity index is 468. The normalized spacial score (nSPS) is 26.9. The van der Waals surface area contributed by atoms with Crippen LogP contribution in [0.1, 0.15) is 29.9 Å². The minimum absolute atomic E-state index is 0.654. The van der Waals surface area contributed by atoms with Crippen molar-refractivity contribution in [3.8, 4) is 0 Å². The number of anilines is 1. The number of benzene rings is 1. The van der Waals surface area contributed by atoms with Gasteiger partial charge in [-0.25, -0.2) is 0 Å². The molecule has 0 amide bonds. The zero-order valence-corrected chi connectivity index (χ0v) is 10.6. The number of nitrogens with one attached hydrogen (secondary N) is 1. The molecule has 1 aliphatic carbocycles. The first-order chi connectivity index (χ1) is 8.34. The summed E-state index contributed by atoms with van der Waals surface area (Å²) in [4.78, 5) is 2.57. The molecule has 1 aromatic carbocycles. The van der Waals surface area contributed by atoms with E-state index in [1.807, 2.05) is 0 Å². The van der Waals surface area contributed by atoms with Crippen molar-refractivity contribution in [2.24, 2.45) is 0 Å². The van der Waals surface area contributed by atoms with Gasteiger partial charge in [-0.2, -0.15) is 0 Å². The highest BCUT2D eigenvalue weighted by molar-refractivity contribution is 6.33. The van der Waals surface area contributed by atoms with Gasteiger partial charge < -0.3 is 10.2 Å². The summed E-state index contributed by atoms with van der Waals surface area (Å²) in [5, 5.41) is 4.52. The molecule has 1 atom stereocenters. The smallest absolute Gasteiger partial charge is 0.0642 e. The van der Waals surface area contributed by atoms with E-state index in [2.05, 4.69) is 22.3 Å². The van der Waals surface area contributed by atoms with E-state index in [9.17, 15) is 0 Å². The summed E-state index contributed by atoms with van der Waals surface area (Å²) < 4.78 is 0. The topological polar surface area (TPSA) is 15.3 Å². The fraction of sp³-hybridized carbons (Fsp3) is 0.571. The van der Waals surface area contributed by atoms with Crippen LogP contribution in [0.5, 0.6) is 0 Å². The molecule has 0 radical (unpaired) electrons. The van der Waals surface area contributed by atoms with Gasteiger partial charge in [-0.05, 0) is 43.0 Å². The summed E-state index contributed by atoms with van der Waals surface area (Å²) in [6.45, 7) is 3.39. The maximum Gasteiger partial charge on any atom is 0.0642 e. The summed E-state index contributed by atoms with van der Waals surface area (Å²) in [5.41, 5.74) is 4.43. The van der Waals surface area contributed by atoms with Gasteiger partial charge in [-0.15, -0.1) is 0 Å². The van der Waals surface area contributed by atoms with Crippen LogP contribution in [0.3, 0.4) is 0 Å². The molecule has 1 aromatic rings. The Kier molecular flexibility index (Phi) is 2.18. The Morgan fingerprint density at radius 1 is 1.29 bits per heavy atom. The van der Waals surface area contributed by atoms with Crippen LogP contribution in [0.4, 0.5) is 5.69 Å². The predicted molar refractivity (Wildman–Crippen MR) is 71.1 cm³/mol. The number of nitrogens with zero attached hydrogens (tertiary/aromatic N) is 1. The lowest BCUT2D eigenvalue weighted by Gasteiger charge is -2.21. The molecule has 17 heavy (non-hydrogen) atoms. The summed E-state index contributed by atoms with van der Waals surface area (Å²) in [6.07, 6.45) is 3.84. The zero-order chi connectivity index (χ0) is 11.4. The van der Waals surface area contributed by atoms with Crippen LogP contribution in [0.15, 0.2) is 12.1 Å². The molecule has 1 N–H and O–H groups in total. The van der Waals surface area contributed by atoms with E-state index >= 15 is 0 Å². The quantitative estimate of drug-likeness (QED) is 0.822. The van der Waals surface area contributed by atoms with E-state index in [0.29, 0.717) is 5.92 Å². The molecule has 2 nitrogen and oxygen atoms in total. The van der Waals surface area contributed by atoms with Gasteiger partial charge >= 0.3 is 0 Å². The highest BCUT2D eigenvalue weighted by Gasteiger charge is 2.40. The van der Waals surface area contributed by atoms with Crippen molar-refractivity contribution in [2.75, 3.05) is 24.5 Å². The van der Waals surface area contributed by atoms with Crippen molar-refractivity contribution in [2.45, 2.75) is 31.2 Å². The molecule has 3 heteroatoms. The lowest BCUT2D eigenvalue weighted by atomic mass is 9.95. The van der Waals surface area contributed by atoms with Gasteiger partial charge in [0.25, 0.3) is 0 Å². The lowest BCUT2D eigenvalue weighted by Crippen LogP contribution is -2.28. The van der Waals surface area contributed by atoms with Crippen LogP contribution in [0.25, 0.3) is 0 Å². The van der Waals surface area contributed by atoms with Crippen LogP contribution < -0.4 is 10.2 Å². The molecule has 0 unspecified atom stereocenters. The average molecular weight is 249 g/mol. The lowest BCUT2D eigenvalue weighted by molar-refractivity contribution is 0.613. The molecule has 0 saturated heterocycles. The summed E-state index contributed by atoms with van der Waals surface area (Å²) in [7, 11) is 0. The van der Waals surface area contributed by atoms with E-state index in [-0.39, 0.29) is 0 Å². The molecule has 0 aromatic heterocycles. The van der Waals surface area contributed by atoms with Crippen molar-refractivity contribution >= 4 is 17.3 Å². The fourth-order valence-electron chi connectivity index (χ4n) is 3.39. The number of hydrogen-bond acceptors (Lipinski definition) is 2. The van der Waals surface area contributed by atoms with Crippen LogP contribution in [-0.2, 0) is 6.42 Å². The van der Waals surface area contributed by atoms with Crippen molar-refractivity contribution in [3.05, 3.63) is 28.3 Å². The third-order valence-electron chi connectivity index (χ3n) is 4.32. The predicted octanol–water partition coefficient (Wildman–Crippen LogP) is 2.55. The zero-order valence-electron chi connectivity index (χ0n) is 9.88. The molecule has 90 valence electrons. The molecular formula is C14H17ClN2. The Labute approximate surface area is 107 Å². The summed E-state index contributed by atoms with van der Waals surface area (Å²) in [5.74, 6) is 0.654. The minimum Gasteiger partial charge on any atom is -0.366 e. The third-order valence-corrected chi connectivity index (χ3v) is 4.63. The maximum atomic E-state index is 6.45. The van der Waals surface area contributed by atoms with Crippen molar-refractivity contribution in [1.82, 2.24) is 5.32 Å². The third kappa shape index (κ3) is 1.50. The van der Waals surface area contributed by atoms with Gasteiger partial charge in [-0.1, -0.05) is 17.7 Å². The summed E-state index contributed by atoms with van der Waals surface area (Å²) >= 11 is 6.45. The average Bonchev–Trinajstić information content (AvgIpc) is 3.11. The molecule has 1 fully saturated rings. The van der Waals surface area contributed by atoms with Crippen LogP contribution in [0, 0.1) is 0 Å². The van der Waals surface area contributed by atoms with Crippen molar-refractivity contribution in [3.63, 3.8) is 0 Å². The monoisotopic (exact) mass is 248 g/mol. The SMILES string of the molecule is Clc1ccc2c3c1N(C1CC1)C[C@@H]3CNCC2. The molecule has 0 bridgehead atoms. The largest absolute Gasteiger partial charge is 0.366 e. The molecule has 1 saturated carbocycles. The number of hydrogen-bond donors (Lipinski definition) is 1. The van der Waals surface area contributed by atoms with Gasteiger partial charge in [0.1, 0.15) is 0 Å². The molecule has 4 rings (SSSR count). The standard InChI is InChI=1S/C14H17ClN2/c15-12-4-1-9-5-6-16-7-10-8-17(11-2-3-11)14(12)13(9)10/h1,4,10-11,16H,2-3,5-8H2/t10-/m0/s1. The minimum atomic E-state index is 0.654.